The number of guanidine groups is 1. The maximum atomic E-state index is 14.6. The Morgan fingerprint density at radius 2 is 1.52 bits per heavy atom. The molecule has 1 aliphatic carbocycles. The lowest BCUT2D eigenvalue weighted by atomic mass is 9.84. The molecular formula is C47H65N11O7. The second kappa shape index (κ2) is 23.5. The normalized spacial score (nSPS) is 23.4. The molecule has 0 bridgehead atoms. The molecule has 2 aromatic carbocycles. The smallest absolute Gasteiger partial charge is 0.245 e. The molecule has 2 saturated heterocycles. The van der Waals surface area contributed by atoms with Crippen LogP contribution in [0.25, 0.3) is 10.9 Å². The van der Waals surface area contributed by atoms with Crippen LogP contribution in [0.2, 0.25) is 0 Å². The first-order valence-electron chi connectivity index (χ1n) is 23.1. The minimum absolute atomic E-state index is 0.0674. The van der Waals surface area contributed by atoms with Crippen LogP contribution in [0.4, 0.5) is 0 Å². The van der Waals surface area contributed by atoms with Gasteiger partial charge in [-0.2, -0.15) is 0 Å². The molecule has 1 saturated carbocycles. The van der Waals surface area contributed by atoms with E-state index in [2.05, 4.69) is 42.2 Å². The molecule has 18 heteroatoms. The van der Waals surface area contributed by atoms with Gasteiger partial charge in [0.25, 0.3) is 0 Å². The summed E-state index contributed by atoms with van der Waals surface area (Å²) in [5, 5.41) is 28.5. The van der Waals surface area contributed by atoms with Crippen molar-refractivity contribution in [2.24, 2.45) is 11.7 Å². The van der Waals surface area contributed by atoms with Crippen molar-refractivity contribution in [2.45, 2.75) is 133 Å². The lowest BCUT2D eigenvalue weighted by Crippen LogP contribution is -2.60. The Kier molecular flexibility index (Phi) is 17.3. The van der Waals surface area contributed by atoms with Crippen molar-refractivity contribution in [3.63, 3.8) is 0 Å². The number of carbonyl (C=O) groups is 7. The Morgan fingerprint density at radius 1 is 0.815 bits per heavy atom. The number of nitrogens with zero attached hydrogens (tertiary/aromatic N) is 1. The number of fused-ring (bicyclic) bond motifs is 2. The Balaban J connectivity index is 1.31. The van der Waals surface area contributed by atoms with Crippen molar-refractivity contribution in [3.8, 4) is 0 Å². The molecule has 0 radical (unpaired) electrons. The lowest BCUT2D eigenvalue weighted by molar-refractivity contribution is -0.142. The van der Waals surface area contributed by atoms with Gasteiger partial charge in [0.05, 0.1) is 0 Å². The second-order valence-electron chi connectivity index (χ2n) is 17.6. The zero-order valence-corrected chi connectivity index (χ0v) is 37.2. The van der Waals surface area contributed by atoms with Gasteiger partial charge in [0.15, 0.2) is 5.96 Å². The molecule has 0 spiro atoms. The van der Waals surface area contributed by atoms with E-state index in [1.807, 2.05) is 54.6 Å². The quantitative estimate of drug-likeness (QED) is 0.0676. The van der Waals surface area contributed by atoms with Crippen molar-refractivity contribution in [1.82, 2.24) is 47.1 Å². The van der Waals surface area contributed by atoms with Gasteiger partial charge >= 0.3 is 0 Å². The third-order valence-electron chi connectivity index (χ3n) is 12.7. The Bertz CT molecular complexity index is 2160. The summed E-state index contributed by atoms with van der Waals surface area (Å²) in [6.07, 6.45) is 8.88. The van der Waals surface area contributed by atoms with E-state index in [-0.39, 0.29) is 63.6 Å². The van der Waals surface area contributed by atoms with E-state index in [1.54, 1.807) is 6.20 Å². The van der Waals surface area contributed by atoms with Crippen LogP contribution < -0.4 is 43.0 Å². The number of hydrogen-bond acceptors (Lipinski definition) is 8. The number of nitrogens with one attached hydrogen (secondary N) is 9. The highest BCUT2D eigenvalue weighted by Gasteiger charge is 2.40. The molecular weight excluding hydrogens is 831 g/mol. The molecule has 3 aliphatic rings. The molecule has 6 atom stereocenters. The number of benzene rings is 2. The molecule has 18 nitrogen and oxygen atoms in total. The monoisotopic (exact) mass is 896 g/mol. The van der Waals surface area contributed by atoms with E-state index in [9.17, 15) is 33.6 Å². The third-order valence-corrected chi connectivity index (χ3v) is 12.7. The van der Waals surface area contributed by atoms with E-state index in [4.69, 9.17) is 11.1 Å². The number of hydrogen-bond donors (Lipinski definition) is 10. The van der Waals surface area contributed by atoms with Crippen LogP contribution in [0.1, 0.15) is 95.1 Å². The SMILES string of the molecule is CC(=O)N[C@@H](Cc1ccccc1)C(=O)N[C@H]1CCCNC(=O)[C@H](CCCNC(=N)N)NC(=O)[C@H](Cc2c[nH]c3ccccc23)NC(=O)[C@@H](CC2CCCCC2)NC(=O)C2CCCN2C1=O. The molecule has 65 heavy (non-hydrogen) atoms. The number of para-hydroxylation sites is 1. The van der Waals surface area contributed by atoms with Crippen LogP contribution >= 0.6 is 0 Å². The zero-order chi connectivity index (χ0) is 46.3. The number of H-pyrrole nitrogens is 1. The van der Waals surface area contributed by atoms with Crippen molar-refractivity contribution < 1.29 is 33.6 Å². The van der Waals surface area contributed by atoms with Crippen LogP contribution in [0.3, 0.4) is 0 Å². The molecule has 11 N–H and O–H groups in total. The number of rotatable bonds is 13. The molecule has 6 rings (SSSR count). The summed E-state index contributed by atoms with van der Waals surface area (Å²) in [7, 11) is 0. The van der Waals surface area contributed by atoms with Crippen LogP contribution in [-0.2, 0) is 46.4 Å². The fourth-order valence-corrected chi connectivity index (χ4v) is 9.31. The molecule has 3 aromatic rings. The molecule has 350 valence electrons. The minimum Gasteiger partial charge on any atom is -0.370 e. The second-order valence-corrected chi connectivity index (χ2v) is 17.6. The Labute approximate surface area is 379 Å². The summed E-state index contributed by atoms with van der Waals surface area (Å²) in [4.78, 5) is 103. The minimum atomic E-state index is -1.14. The van der Waals surface area contributed by atoms with Crippen LogP contribution in [-0.4, -0.2) is 113 Å². The standard InChI is InChI=1S/C47H65N11O7/c1-29(59)53-37(25-30-13-4-2-5-14-30)42(61)55-36-20-11-22-50-41(60)35(19-10-23-51-47(48)49)54-44(63)39(27-32-28-52-34-18-9-8-17-33(32)34)56-43(62)38(26-31-15-6-3-7-16-31)57-45(64)40-21-12-24-58(40)46(36)65/h2,4-5,8-9,13-14,17-18,28,31,35-40,52H,3,6-7,10-12,15-16,19-27H2,1H3,(H,50,60)(H,53,59)(H,54,63)(H,55,61)(H,56,62)(H,57,64)(H4,48,49,51)/t35-,36-,37-,38+,39-,40?/m0/s1. The largest absolute Gasteiger partial charge is 0.370 e. The van der Waals surface area contributed by atoms with Gasteiger partial charge in [-0.15, -0.1) is 0 Å². The first-order chi connectivity index (χ1) is 31.4. The van der Waals surface area contributed by atoms with Crippen molar-refractivity contribution >= 4 is 58.2 Å². The van der Waals surface area contributed by atoms with Gasteiger partial charge in [0.2, 0.25) is 41.4 Å². The number of aromatic nitrogens is 1. The van der Waals surface area contributed by atoms with E-state index in [0.717, 1.165) is 54.1 Å². The van der Waals surface area contributed by atoms with Gasteiger partial charge in [-0.1, -0.05) is 80.6 Å². The Hall–Kier alpha value is -6.46. The highest BCUT2D eigenvalue weighted by molar-refractivity contribution is 5.98. The maximum Gasteiger partial charge on any atom is 0.245 e. The van der Waals surface area contributed by atoms with Gasteiger partial charge in [-0.3, -0.25) is 39.0 Å². The summed E-state index contributed by atoms with van der Waals surface area (Å²) in [6.45, 7) is 1.88. The van der Waals surface area contributed by atoms with Crippen LogP contribution in [0.5, 0.6) is 0 Å². The van der Waals surface area contributed by atoms with Gasteiger partial charge in [-0.25, -0.2) is 0 Å². The summed E-state index contributed by atoms with van der Waals surface area (Å²) in [5.41, 5.74) is 7.92. The zero-order valence-electron chi connectivity index (χ0n) is 37.2. The number of nitrogens with two attached hydrogens (primary N) is 1. The van der Waals surface area contributed by atoms with Gasteiger partial charge in [0, 0.05) is 56.5 Å². The lowest BCUT2D eigenvalue weighted by Gasteiger charge is -2.32. The van der Waals surface area contributed by atoms with Gasteiger partial charge < -0.3 is 52.8 Å². The van der Waals surface area contributed by atoms with E-state index >= 15 is 0 Å². The third kappa shape index (κ3) is 13.8. The van der Waals surface area contributed by atoms with Gasteiger partial charge in [-0.05, 0) is 68.1 Å². The molecule has 3 heterocycles. The topological polar surface area (TPSA) is 273 Å². The molecule has 1 aromatic heterocycles. The van der Waals surface area contributed by atoms with Crippen molar-refractivity contribution in [3.05, 3.63) is 71.9 Å². The summed E-state index contributed by atoms with van der Waals surface area (Å²) in [6, 6.07) is 10.5. The van der Waals surface area contributed by atoms with Gasteiger partial charge in [0.1, 0.15) is 36.3 Å². The summed E-state index contributed by atoms with van der Waals surface area (Å²) >= 11 is 0. The molecule has 7 amide bonds. The molecule has 1 unspecified atom stereocenters. The summed E-state index contributed by atoms with van der Waals surface area (Å²) < 4.78 is 0. The average Bonchev–Trinajstić information content (AvgIpc) is 3.95. The molecule has 2 aliphatic heterocycles. The van der Waals surface area contributed by atoms with E-state index in [0.29, 0.717) is 25.7 Å². The predicted molar refractivity (Wildman–Crippen MR) is 245 cm³/mol. The number of amides is 7. The average molecular weight is 896 g/mol. The fraction of sp³-hybridized carbons (Fsp3) is 0.532. The summed E-state index contributed by atoms with van der Waals surface area (Å²) in [5.74, 6) is -3.73. The Morgan fingerprint density at radius 3 is 2.28 bits per heavy atom. The highest BCUT2D eigenvalue weighted by Crippen LogP contribution is 2.28. The first kappa shape index (κ1) is 48.0. The predicted octanol–water partition coefficient (Wildman–Crippen LogP) is 1.53. The van der Waals surface area contributed by atoms with Crippen LogP contribution in [0.15, 0.2) is 60.8 Å². The maximum absolute atomic E-state index is 14.6. The van der Waals surface area contributed by atoms with Crippen LogP contribution in [0, 0.1) is 11.3 Å². The van der Waals surface area contributed by atoms with E-state index < -0.39 is 77.6 Å². The highest BCUT2D eigenvalue weighted by atomic mass is 16.2. The molecule has 3 fully saturated rings. The fourth-order valence-electron chi connectivity index (χ4n) is 9.31. The first-order valence-corrected chi connectivity index (χ1v) is 23.1. The van der Waals surface area contributed by atoms with E-state index in [1.165, 1.54) is 11.8 Å². The number of carbonyl (C=O) groups excluding carboxylic acids is 7. The van der Waals surface area contributed by atoms with Crippen molar-refractivity contribution in [2.75, 3.05) is 19.6 Å². The van der Waals surface area contributed by atoms with Crippen molar-refractivity contribution in [1.29, 1.82) is 5.41 Å². The number of aromatic amines is 1.